The highest BCUT2D eigenvalue weighted by atomic mass is 32.1. The van der Waals surface area contributed by atoms with Crippen molar-refractivity contribution in [3.63, 3.8) is 0 Å². The fourth-order valence-corrected chi connectivity index (χ4v) is 5.12. The quantitative estimate of drug-likeness (QED) is 0.857. The van der Waals surface area contributed by atoms with E-state index in [4.69, 9.17) is 0 Å². The molecule has 1 aliphatic heterocycles. The largest absolute Gasteiger partial charge is 0.350 e. The van der Waals surface area contributed by atoms with Crippen LogP contribution in [0, 0.1) is 5.41 Å². The van der Waals surface area contributed by atoms with Gasteiger partial charge in [-0.2, -0.15) is 0 Å². The molecule has 1 aromatic rings. The molecule has 2 amide bonds. The number of carbonyl (C=O) groups excluding carboxylic acids is 2. The smallest absolute Gasteiger partial charge is 0.261 e. The molecule has 4 nitrogen and oxygen atoms in total. The first-order chi connectivity index (χ1) is 12.5. The molecule has 0 saturated carbocycles. The second-order valence-corrected chi connectivity index (χ2v) is 9.53. The van der Waals surface area contributed by atoms with Crippen LogP contribution in [0.3, 0.4) is 0 Å². The van der Waals surface area contributed by atoms with Gasteiger partial charge in [-0.25, -0.2) is 0 Å². The van der Waals surface area contributed by atoms with Crippen LogP contribution in [0.2, 0.25) is 0 Å². The molecule has 2 aliphatic rings. The van der Waals surface area contributed by atoms with Crippen molar-refractivity contribution in [3.05, 3.63) is 21.4 Å². The Morgan fingerprint density at radius 3 is 2.42 bits per heavy atom. The van der Waals surface area contributed by atoms with Crippen LogP contribution in [-0.2, 0) is 17.6 Å². The van der Waals surface area contributed by atoms with Gasteiger partial charge in [0.2, 0.25) is 5.91 Å². The van der Waals surface area contributed by atoms with E-state index in [1.807, 2.05) is 18.7 Å². The van der Waals surface area contributed by atoms with Crippen LogP contribution in [0.25, 0.3) is 0 Å². The zero-order valence-corrected chi connectivity index (χ0v) is 17.1. The third kappa shape index (κ3) is 4.67. The van der Waals surface area contributed by atoms with Crippen molar-refractivity contribution in [2.45, 2.75) is 71.6 Å². The fraction of sp³-hybridized carbons (Fsp3) is 0.714. The Kier molecular flexibility index (Phi) is 6.38. The first kappa shape index (κ1) is 19.4. The summed E-state index contributed by atoms with van der Waals surface area (Å²) in [7, 11) is 0. The van der Waals surface area contributed by atoms with Gasteiger partial charge >= 0.3 is 0 Å². The second kappa shape index (κ2) is 8.55. The molecule has 1 saturated heterocycles. The summed E-state index contributed by atoms with van der Waals surface area (Å²) in [5, 5.41) is 3.02. The number of nitrogens with one attached hydrogen (secondary N) is 1. The SMILES string of the molecule is CC(C)(CNC(=O)c1cc2c(s1)CCCCCC2)C(=O)N1CCCCC1. The molecule has 0 aromatic carbocycles. The molecule has 1 aliphatic carbocycles. The van der Waals surface area contributed by atoms with Gasteiger partial charge in [0.15, 0.2) is 0 Å². The third-order valence-electron chi connectivity index (χ3n) is 5.63. The molecule has 0 radical (unpaired) electrons. The predicted molar refractivity (Wildman–Crippen MR) is 107 cm³/mol. The van der Waals surface area contributed by atoms with E-state index in [9.17, 15) is 9.59 Å². The number of hydrogen-bond donors (Lipinski definition) is 1. The number of likely N-dealkylation sites (tertiary alicyclic amines) is 1. The Bertz CT molecular complexity index is 619. The Labute approximate surface area is 161 Å². The van der Waals surface area contributed by atoms with Gasteiger partial charge in [0.1, 0.15) is 0 Å². The average Bonchev–Trinajstić information content (AvgIpc) is 3.02. The van der Waals surface area contributed by atoms with E-state index in [-0.39, 0.29) is 11.8 Å². The van der Waals surface area contributed by atoms with E-state index in [0.717, 1.165) is 43.6 Å². The van der Waals surface area contributed by atoms with Gasteiger partial charge < -0.3 is 10.2 Å². The van der Waals surface area contributed by atoms with Crippen LogP contribution in [0.5, 0.6) is 0 Å². The number of piperidine rings is 1. The maximum atomic E-state index is 12.8. The van der Waals surface area contributed by atoms with Crippen molar-refractivity contribution in [1.82, 2.24) is 10.2 Å². The van der Waals surface area contributed by atoms with Gasteiger partial charge in [-0.05, 0) is 70.4 Å². The minimum Gasteiger partial charge on any atom is -0.350 e. The van der Waals surface area contributed by atoms with Crippen molar-refractivity contribution in [2.75, 3.05) is 19.6 Å². The van der Waals surface area contributed by atoms with Gasteiger partial charge in [0, 0.05) is 24.5 Å². The molecule has 0 bridgehead atoms. The molecular formula is C21H32N2O2S. The number of rotatable bonds is 4. The molecule has 2 heterocycles. The maximum absolute atomic E-state index is 12.8. The van der Waals surface area contributed by atoms with Crippen molar-refractivity contribution >= 4 is 23.2 Å². The Balaban J connectivity index is 1.59. The summed E-state index contributed by atoms with van der Waals surface area (Å²) in [6.07, 6.45) is 10.6. The second-order valence-electron chi connectivity index (χ2n) is 8.39. The van der Waals surface area contributed by atoms with E-state index in [2.05, 4.69) is 11.4 Å². The molecule has 0 spiro atoms. The molecule has 1 fully saturated rings. The number of carbonyl (C=O) groups is 2. The molecule has 3 rings (SSSR count). The summed E-state index contributed by atoms with van der Waals surface area (Å²) >= 11 is 1.65. The van der Waals surface area contributed by atoms with Crippen molar-refractivity contribution in [3.8, 4) is 0 Å². The summed E-state index contributed by atoms with van der Waals surface area (Å²) < 4.78 is 0. The normalized spacial score (nSPS) is 18.6. The summed E-state index contributed by atoms with van der Waals surface area (Å²) in [6, 6.07) is 2.08. The Morgan fingerprint density at radius 1 is 1.04 bits per heavy atom. The van der Waals surface area contributed by atoms with Crippen LogP contribution in [0.4, 0.5) is 0 Å². The Morgan fingerprint density at radius 2 is 1.69 bits per heavy atom. The number of aryl methyl sites for hydroxylation is 2. The van der Waals surface area contributed by atoms with Gasteiger partial charge in [-0.3, -0.25) is 9.59 Å². The van der Waals surface area contributed by atoms with Crippen molar-refractivity contribution < 1.29 is 9.59 Å². The lowest BCUT2D eigenvalue weighted by molar-refractivity contribution is -0.140. The Hall–Kier alpha value is -1.36. The van der Waals surface area contributed by atoms with E-state index in [1.54, 1.807) is 11.3 Å². The first-order valence-corrected chi connectivity index (χ1v) is 11.0. The third-order valence-corrected chi connectivity index (χ3v) is 6.87. The standard InChI is InChI=1S/C21H32N2O2S/c1-21(2,20(25)23-12-8-5-9-13-23)15-22-19(24)18-14-16-10-6-3-4-7-11-17(16)26-18/h14H,3-13,15H2,1-2H3,(H,22,24). The van der Waals surface area contributed by atoms with Crippen LogP contribution in [0.1, 0.15) is 78.9 Å². The molecule has 1 N–H and O–H groups in total. The van der Waals surface area contributed by atoms with Crippen molar-refractivity contribution in [1.29, 1.82) is 0 Å². The zero-order chi connectivity index (χ0) is 18.6. The predicted octanol–water partition coefficient (Wildman–Crippen LogP) is 4.18. The molecule has 26 heavy (non-hydrogen) atoms. The summed E-state index contributed by atoms with van der Waals surface area (Å²) in [5.74, 6) is 0.136. The summed E-state index contributed by atoms with van der Waals surface area (Å²) in [4.78, 5) is 29.6. The number of thiophene rings is 1. The highest BCUT2D eigenvalue weighted by Crippen LogP contribution is 2.29. The minimum atomic E-state index is -0.557. The monoisotopic (exact) mass is 376 g/mol. The van der Waals surface area contributed by atoms with Gasteiger partial charge in [0.05, 0.1) is 10.3 Å². The molecule has 144 valence electrons. The van der Waals surface area contributed by atoms with Gasteiger partial charge in [0.25, 0.3) is 5.91 Å². The van der Waals surface area contributed by atoms with Crippen LogP contribution < -0.4 is 5.32 Å². The topological polar surface area (TPSA) is 49.4 Å². The van der Waals surface area contributed by atoms with E-state index >= 15 is 0 Å². The number of amides is 2. The number of fused-ring (bicyclic) bond motifs is 1. The minimum absolute atomic E-state index is 0.0266. The highest BCUT2D eigenvalue weighted by molar-refractivity contribution is 7.14. The highest BCUT2D eigenvalue weighted by Gasteiger charge is 2.33. The number of nitrogens with zero attached hydrogens (tertiary/aromatic N) is 1. The summed E-state index contributed by atoms with van der Waals surface area (Å²) in [5.41, 5.74) is 0.808. The van der Waals surface area contributed by atoms with Crippen molar-refractivity contribution in [2.24, 2.45) is 5.41 Å². The molecule has 1 aromatic heterocycles. The zero-order valence-electron chi connectivity index (χ0n) is 16.2. The lowest BCUT2D eigenvalue weighted by Gasteiger charge is -2.34. The molecule has 0 atom stereocenters. The van der Waals surface area contributed by atoms with Gasteiger partial charge in [-0.1, -0.05) is 12.8 Å². The fourth-order valence-electron chi connectivity index (χ4n) is 3.95. The first-order valence-electron chi connectivity index (χ1n) is 10.2. The van der Waals surface area contributed by atoms with Gasteiger partial charge in [-0.15, -0.1) is 11.3 Å². The molecule has 0 unspecified atom stereocenters. The molecule has 5 heteroatoms. The van der Waals surface area contributed by atoms with Crippen LogP contribution in [0.15, 0.2) is 6.07 Å². The van der Waals surface area contributed by atoms with E-state index in [0.29, 0.717) is 6.54 Å². The van der Waals surface area contributed by atoms with Crippen LogP contribution >= 0.6 is 11.3 Å². The summed E-state index contributed by atoms with van der Waals surface area (Å²) in [6.45, 7) is 5.99. The van der Waals surface area contributed by atoms with E-state index < -0.39 is 5.41 Å². The van der Waals surface area contributed by atoms with Crippen LogP contribution in [-0.4, -0.2) is 36.3 Å². The lowest BCUT2D eigenvalue weighted by Crippen LogP contribution is -2.48. The maximum Gasteiger partial charge on any atom is 0.261 e. The average molecular weight is 377 g/mol. The molecular weight excluding hydrogens is 344 g/mol. The van der Waals surface area contributed by atoms with E-state index in [1.165, 1.54) is 42.5 Å². The lowest BCUT2D eigenvalue weighted by atomic mass is 9.90. The number of hydrogen-bond acceptors (Lipinski definition) is 3.